The van der Waals surface area contributed by atoms with E-state index in [0.29, 0.717) is 25.3 Å². The molecule has 4 heteroatoms. The Hall–Kier alpha value is -1.06. The lowest BCUT2D eigenvalue weighted by Crippen LogP contribution is -2.56. The number of carbonyl (C=O) groups is 2. The highest BCUT2D eigenvalue weighted by atomic mass is 16.2. The van der Waals surface area contributed by atoms with Gasteiger partial charge in [0.2, 0.25) is 11.8 Å². The minimum Gasteiger partial charge on any atom is -0.342 e. The first-order valence-corrected chi connectivity index (χ1v) is 6.42. The molecule has 0 spiro atoms. The lowest BCUT2D eigenvalue weighted by molar-refractivity contribution is -0.140. The number of nitrogens with one attached hydrogen (secondary N) is 1. The van der Waals surface area contributed by atoms with E-state index >= 15 is 0 Å². The number of nitrogens with zero attached hydrogens (tertiary/aromatic N) is 1. The number of hydrogen-bond acceptors (Lipinski definition) is 2. The quantitative estimate of drug-likeness (QED) is 0.813. The fourth-order valence-corrected chi connectivity index (χ4v) is 2.20. The summed E-state index contributed by atoms with van der Waals surface area (Å²) in [6.45, 7) is 10.6. The van der Waals surface area contributed by atoms with Crippen LogP contribution in [0.1, 0.15) is 47.5 Å². The molecular weight excluding hydrogens is 216 g/mol. The van der Waals surface area contributed by atoms with Crippen molar-refractivity contribution in [3.63, 3.8) is 0 Å². The van der Waals surface area contributed by atoms with Crippen molar-refractivity contribution < 1.29 is 9.59 Å². The fraction of sp³-hybridized carbons (Fsp3) is 0.846. The third kappa shape index (κ3) is 2.99. The van der Waals surface area contributed by atoms with Gasteiger partial charge in [-0.1, -0.05) is 20.8 Å². The van der Waals surface area contributed by atoms with E-state index in [2.05, 4.69) is 19.2 Å². The van der Waals surface area contributed by atoms with Crippen molar-refractivity contribution in [1.29, 1.82) is 0 Å². The van der Waals surface area contributed by atoms with Gasteiger partial charge >= 0.3 is 0 Å². The van der Waals surface area contributed by atoms with E-state index in [1.54, 1.807) is 0 Å². The van der Waals surface area contributed by atoms with Crippen LogP contribution in [0.5, 0.6) is 0 Å². The molecule has 0 aromatic rings. The normalized spacial score (nSPS) is 30.5. The summed E-state index contributed by atoms with van der Waals surface area (Å²) in [5.41, 5.74) is -0.739. The lowest BCUT2D eigenvalue weighted by Gasteiger charge is -2.34. The maximum atomic E-state index is 12.5. The van der Waals surface area contributed by atoms with Gasteiger partial charge in [0.05, 0.1) is 0 Å². The van der Waals surface area contributed by atoms with Crippen molar-refractivity contribution in [2.45, 2.75) is 59.0 Å². The van der Waals surface area contributed by atoms with Crippen molar-refractivity contribution in [3.05, 3.63) is 0 Å². The van der Waals surface area contributed by atoms with E-state index in [1.807, 2.05) is 25.7 Å². The molecule has 0 bridgehead atoms. The average molecular weight is 240 g/mol. The van der Waals surface area contributed by atoms with Crippen LogP contribution in [0.2, 0.25) is 0 Å². The smallest absolute Gasteiger partial charge is 0.248 e. The van der Waals surface area contributed by atoms with Crippen LogP contribution in [0, 0.1) is 5.92 Å². The van der Waals surface area contributed by atoms with Crippen LogP contribution in [0.15, 0.2) is 0 Å². The predicted molar refractivity (Wildman–Crippen MR) is 67.5 cm³/mol. The largest absolute Gasteiger partial charge is 0.342 e. The van der Waals surface area contributed by atoms with Gasteiger partial charge in [0.1, 0.15) is 5.54 Å². The minimum absolute atomic E-state index is 0.0155. The van der Waals surface area contributed by atoms with Gasteiger partial charge in [0.25, 0.3) is 0 Å². The summed E-state index contributed by atoms with van der Waals surface area (Å²) in [6, 6.07) is -0.0155. The van der Waals surface area contributed by atoms with Crippen LogP contribution < -0.4 is 5.32 Å². The summed E-state index contributed by atoms with van der Waals surface area (Å²) in [5.74, 6) is 0.434. The molecule has 0 aromatic carbocycles. The number of hydrogen-bond donors (Lipinski definition) is 1. The Morgan fingerprint density at radius 1 is 1.47 bits per heavy atom. The maximum absolute atomic E-state index is 12.5. The van der Waals surface area contributed by atoms with Gasteiger partial charge in [-0.2, -0.15) is 0 Å². The fourth-order valence-electron chi connectivity index (χ4n) is 2.20. The first kappa shape index (κ1) is 14.0. The summed E-state index contributed by atoms with van der Waals surface area (Å²) >= 11 is 0. The molecule has 2 atom stereocenters. The van der Waals surface area contributed by atoms with Crippen molar-refractivity contribution >= 4 is 11.8 Å². The SMILES string of the molecule is CCC1(C)NC(=O)CC(C)N(CC(C)C)C1=O. The molecule has 1 aliphatic heterocycles. The van der Waals surface area contributed by atoms with Gasteiger partial charge in [-0.05, 0) is 26.2 Å². The zero-order chi connectivity index (χ0) is 13.2. The third-order valence-corrected chi connectivity index (χ3v) is 3.43. The highest BCUT2D eigenvalue weighted by molar-refractivity contribution is 5.93. The summed E-state index contributed by atoms with van der Waals surface area (Å²) in [7, 11) is 0. The van der Waals surface area contributed by atoms with Crippen LogP contribution in [-0.2, 0) is 9.59 Å². The highest BCUT2D eigenvalue weighted by Crippen LogP contribution is 2.22. The Morgan fingerprint density at radius 2 is 2.06 bits per heavy atom. The molecule has 1 rings (SSSR count). The zero-order valence-corrected chi connectivity index (χ0v) is 11.5. The minimum atomic E-state index is -0.739. The van der Waals surface area contributed by atoms with Gasteiger partial charge in [-0.3, -0.25) is 9.59 Å². The van der Waals surface area contributed by atoms with Crippen LogP contribution in [0.25, 0.3) is 0 Å². The van der Waals surface area contributed by atoms with Crippen LogP contribution >= 0.6 is 0 Å². The first-order valence-electron chi connectivity index (χ1n) is 6.42. The molecule has 2 amide bonds. The lowest BCUT2D eigenvalue weighted by atomic mass is 9.96. The summed E-state index contributed by atoms with van der Waals surface area (Å²) in [4.78, 5) is 26.1. The zero-order valence-electron chi connectivity index (χ0n) is 11.5. The van der Waals surface area contributed by atoms with Crippen molar-refractivity contribution in [3.8, 4) is 0 Å². The van der Waals surface area contributed by atoms with Gasteiger partial charge in [0.15, 0.2) is 0 Å². The van der Waals surface area contributed by atoms with Gasteiger partial charge in [0, 0.05) is 19.0 Å². The molecule has 0 radical (unpaired) electrons. The molecule has 1 N–H and O–H groups in total. The van der Waals surface area contributed by atoms with Crippen molar-refractivity contribution in [2.75, 3.05) is 6.54 Å². The van der Waals surface area contributed by atoms with E-state index in [9.17, 15) is 9.59 Å². The monoisotopic (exact) mass is 240 g/mol. The van der Waals surface area contributed by atoms with E-state index in [4.69, 9.17) is 0 Å². The molecule has 0 saturated carbocycles. The standard InChI is InChI=1S/C13H24N2O2/c1-6-13(5)12(17)15(8-9(2)3)10(4)7-11(16)14-13/h9-10H,6-8H2,1-5H3,(H,14,16). The van der Waals surface area contributed by atoms with E-state index in [0.717, 1.165) is 0 Å². The number of carbonyl (C=O) groups excluding carboxylic acids is 2. The number of rotatable bonds is 3. The third-order valence-electron chi connectivity index (χ3n) is 3.43. The Morgan fingerprint density at radius 3 is 2.53 bits per heavy atom. The van der Waals surface area contributed by atoms with Crippen molar-refractivity contribution in [2.24, 2.45) is 5.92 Å². The molecule has 17 heavy (non-hydrogen) atoms. The molecule has 2 unspecified atom stereocenters. The van der Waals surface area contributed by atoms with E-state index < -0.39 is 5.54 Å². The summed E-state index contributed by atoms with van der Waals surface area (Å²) in [6.07, 6.45) is 1.02. The van der Waals surface area contributed by atoms with Crippen LogP contribution in [0.3, 0.4) is 0 Å². The second kappa shape index (κ2) is 5.07. The van der Waals surface area contributed by atoms with Crippen molar-refractivity contribution in [1.82, 2.24) is 10.2 Å². The molecule has 1 heterocycles. The van der Waals surface area contributed by atoms with Gasteiger partial charge in [-0.15, -0.1) is 0 Å². The second-order valence-corrected chi connectivity index (χ2v) is 5.64. The topological polar surface area (TPSA) is 49.4 Å². The van der Waals surface area contributed by atoms with Gasteiger partial charge in [-0.25, -0.2) is 0 Å². The molecule has 1 aliphatic rings. The Bertz CT molecular complexity index is 315. The number of amides is 2. The average Bonchev–Trinajstić information content (AvgIpc) is 2.29. The molecule has 4 nitrogen and oxygen atoms in total. The molecule has 98 valence electrons. The Kier molecular flexibility index (Phi) is 4.17. The molecule has 1 saturated heterocycles. The van der Waals surface area contributed by atoms with Gasteiger partial charge < -0.3 is 10.2 Å². The molecule has 0 aromatic heterocycles. The summed E-state index contributed by atoms with van der Waals surface area (Å²) in [5, 5.41) is 2.86. The maximum Gasteiger partial charge on any atom is 0.248 e. The first-order chi connectivity index (χ1) is 7.80. The summed E-state index contributed by atoms with van der Waals surface area (Å²) < 4.78 is 0. The van der Waals surface area contributed by atoms with Crippen LogP contribution in [-0.4, -0.2) is 34.8 Å². The Balaban J connectivity index is 3.01. The molecule has 0 aliphatic carbocycles. The van der Waals surface area contributed by atoms with E-state index in [1.165, 1.54) is 0 Å². The van der Waals surface area contributed by atoms with E-state index in [-0.39, 0.29) is 17.9 Å². The molecular formula is C13H24N2O2. The molecule has 1 fully saturated rings. The Labute approximate surface area is 104 Å². The second-order valence-electron chi connectivity index (χ2n) is 5.64. The predicted octanol–water partition coefficient (Wildman–Crippen LogP) is 1.55. The highest BCUT2D eigenvalue weighted by Gasteiger charge is 2.41. The van der Waals surface area contributed by atoms with Crippen LogP contribution in [0.4, 0.5) is 0 Å².